The van der Waals surface area contributed by atoms with E-state index in [1.807, 2.05) is 49.4 Å². The van der Waals surface area contributed by atoms with E-state index in [9.17, 15) is 0 Å². The molecule has 0 aromatic heterocycles. The van der Waals surface area contributed by atoms with E-state index in [2.05, 4.69) is 26.5 Å². The van der Waals surface area contributed by atoms with Crippen LogP contribution in [0.5, 0.6) is 11.5 Å². The lowest BCUT2D eigenvalue weighted by atomic mass is 10.1. The molecule has 0 fully saturated rings. The van der Waals surface area contributed by atoms with Crippen LogP contribution >= 0.6 is 15.9 Å². The summed E-state index contributed by atoms with van der Waals surface area (Å²) in [6.07, 6.45) is 0. The quantitative estimate of drug-likeness (QED) is 0.673. The third-order valence-corrected chi connectivity index (χ3v) is 3.87. The highest BCUT2D eigenvalue weighted by Gasteiger charge is 2.12. The fraction of sp³-hybridized carbons (Fsp3) is 0.188. The Bertz CT molecular complexity index is 686. The van der Waals surface area contributed by atoms with Crippen molar-refractivity contribution >= 4 is 27.3 Å². The van der Waals surface area contributed by atoms with Gasteiger partial charge in [0, 0.05) is 10.0 Å². The molecule has 0 radical (unpaired) electrons. The predicted octanol–water partition coefficient (Wildman–Crippen LogP) is 4.06. The van der Waals surface area contributed by atoms with Gasteiger partial charge in [-0.05, 0) is 53.2 Å². The smallest absolute Gasteiger partial charge is 0.162 e. The maximum absolute atomic E-state index is 5.59. The predicted molar refractivity (Wildman–Crippen MR) is 87.4 cm³/mol. The van der Waals surface area contributed by atoms with Crippen LogP contribution in [0.3, 0.4) is 0 Å². The van der Waals surface area contributed by atoms with Gasteiger partial charge in [-0.3, -0.25) is 5.43 Å². The number of fused-ring (bicyclic) bond motifs is 1. The van der Waals surface area contributed by atoms with Gasteiger partial charge in [-0.2, -0.15) is 5.10 Å². The Kier molecular flexibility index (Phi) is 4.10. The van der Waals surface area contributed by atoms with Crippen LogP contribution < -0.4 is 14.9 Å². The van der Waals surface area contributed by atoms with Crippen molar-refractivity contribution < 1.29 is 9.47 Å². The number of para-hydroxylation sites is 1. The van der Waals surface area contributed by atoms with E-state index in [-0.39, 0.29) is 0 Å². The zero-order chi connectivity index (χ0) is 14.7. The minimum absolute atomic E-state index is 0.585. The first kappa shape index (κ1) is 13.9. The van der Waals surface area contributed by atoms with Gasteiger partial charge in [-0.15, -0.1) is 0 Å². The van der Waals surface area contributed by atoms with Crippen molar-refractivity contribution in [3.63, 3.8) is 0 Å². The molecule has 5 heteroatoms. The monoisotopic (exact) mass is 346 g/mol. The Hall–Kier alpha value is -2.01. The Morgan fingerprint density at radius 3 is 2.67 bits per heavy atom. The fourth-order valence-electron chi connectivity index (χ4n) is 2.03. The number of ether oxygens (including phenoxy) is 2. The minimum atomic E-state index is 0.585. The maximum atomic E-state index is 5.59. The van der Waals surface area contributed by atoms with Crippen molar-refractivity contribution in [3.8, 4) is 11.5 Å². The summed E-state index contributed by atoms with van der Waals surface area (Å²) >= 11 is 3.48. The van der Waals surface area contributed by atoms with E-state index < -0.39 is 0 Å². The van der Waals surface area contributed by atoms with E-state index in [1.54, 1.807) is 0 Å². The van der Waals surface area contributed by atoms with Crippen LogP contribution in [0.2, 0.25) is 0 Å². The molecule has 21 heavy (non-hydrogen) atoms. The van der Waals surface area contributed by atoms with Crippen molar-refractivity contribution in [2.24, 2.45) is 5.10 Å². The van der Waals surface area contributed by atoms with Crippen molar-refractivity contribution in [2.45, 2.75) is 6.92 Å². The summed E-state index contributed by atoms with van der Waals surface area (Å²) in [5, 5.41) is 4.41. The molecule has 0 amide bonds. The minimum Gasteiger partial charge on any atom is -0.486 e. The number of hydrazone groups is 1. The molecular formula is C16H15BrN2O2. The van der Waals surface area contributed by atoms with Crippen LogP contribution in [0.1, 0.15) is 12.5 Å². The number of hydrogen-bond donors (Lipinski definition) is 1. The summed E-state index contributed by atoms with van der Waals surface area (Å²) in [7, 11) is 0. The van der Waals surface area contributed by atoms with Crippen molar-refractivity contribution in [1.29, 1.82) is 0 Å². The second-order valence-corrected chi connectivity index (χ2v) is 5.50. The van der Waals surface area contributed by atoms with E-state index in [0.717, 1.165) is 32.9 Å². The molecule has 0 atom stereocenters. The van der Waals surface area contributed by atoms with E-state index in [1.165, 1.54) is 0 Å². The van der Waals surface area contributed by atoms with Crippen LogP contribution in [-0.2, 0) is 0 Å². The maximum Gasteiger partial charge on any atom is 0.162 e. The Labute approximate surface area is 131 Å². The average Bonchev–Trinajstić information content (AvgIpc) is 2.53. The number of rotatable bonds is 3. The van der Waals surface area contributed by atoms with Crippen LogP contribution in [0, 0.1) is 0 Å². The van der Waals surface area contributed by atoms with Gasteiger partial charge < -0.3 is 9.47 Å². The zero-order valence-electron chi connectivity index (χ0n) is 11.6. The molecule has 108 valence electrons. The van der Waals surface area contributed by atoms with Gasteiger partial charge in [0.2, 0.25) is 0 Å². The molecule has 2 aromatic rings. The summed E-state index contributed by atoms with van der Waals surface area (Å²) in [5.41, 5.74) is 5.86. The third kappa shape index (κ3) is 3.19. The SMILES string of the molecule is CC(=NNc1ccccc1Br)c1ccc2c(c1)OCCO2. The number of halogens is 1. The molecule has 4 nitrogen and oxygen atoms in total. The number of benzene rings is 2. The van der Waals surface area contributed by atoms with Gasteiger partial charge in [0.1, 0.15) is 13.2 Å². The van der Waals surface area contributed by atoms with Crippen molar-refractivity contribution in [1.82, 2.24) is 0 Å². The molecule has 0 saturated carbocycles. The number of nitrogens with one attached hydrogen (secondary N) is 1. The highest BCUT2D eigenvalue weighted by molar-refractivity contribution is 9.10. The summed E-state index contributed by atoms with van der Waals surface area (Å²) in [6, 6.07) is 13.7. The Morgan fingerprint density at radius 1 is 1.10 bits per heavy atom. The standard InChI is InChI=1S/C16H15BrN2O2/c1-11(18-19-14-5-3-2-4-13(14)17)12-6-7-15-16(10-12)21-9-8-20-15/h2-7,10,19H,8-9H2,1H3. The van der Waals surface area contributed by atoms with Crippen LogP contribution in [0.25, 0.3) is 0 Å². The zero-order valence-corrected chi connectivity index (χ0v) is 13.2. The molecule has 3 rings (SSSR count). The molecule has 0 bridgehead atoms. The fourth-order valence-corrected chi connectivity index (χ4v) is 2.40. The second-order valence-electron chi connectivity index (χ2n) is 4.65. The summed E-state index contributed by atoms with van der Waals surface area (Å²) < 4.78 is 12.1. The summed E-state index contributed by atoms with van der Waals surface area (Å²) in [4.78, 5) is 0. The van der Waals surface area contributed by atoms with Crippen LogP contribution in [-0.4, -0.2) is 18.9 Å². The van der Waals surface area contributed by atoms with Gasteiger partial charge in [0.15, 0.2) is 11.5 Å². The largest absolute Gasteiger partial charge is 0.486 e. The first-order valence-electron chi connectivity index (χ1n) is 6.69. The van der Waals surface area contributed by atoms with Gasteiger partial charge in [-0.25, -0.2) is 0 Å². The van der Waals surface area contributed by atoms with Gasteiger partial charge in [-0.1, -0.05) is 12.1 Å². The number of anilines is 1. The topological polar surface area (TPSA) is 42.9 Å². The lowest BCUT2D eigenvalue weighted by Crippen LogP contribution is -2.15. The molecule has 1 N–H and O–H groups in total. The summed E-state index contributed by atoms with van der Waals surface area (Å²) in [5.74, 6) is 1.56. The Balaban J connectivity index is 1.80. The van der Waals surface area contributed by atoms with Crippen LogP contribution in [0.4, 0.5) is 5.69 Å². The highest BCUT2D eigenvalue weighted by Crippen LogP contribution is 2.31. The van der Waals surface area contributed by atoms with Crippen molar-refractivity contribution in [2.75, 3.05) is 18.6 Å². The third-order valence-electron chi connectivity index (χ3n) is 3.18. The molecule has 1 aliphatic heterocycles. The first-order chi connectivity index (χ1) is 10.2. The van der Waals surface area contributed by atoms with Crippen LogP contribution in [0.15, 0.2) is 52.0 Å². The number of nitrogens with zero attached hydrogens (tertiary/aromatic N) is 1. The second kappa shape index (κ2) is 6.18. The molecule has 0 spiro atoms. The van der Waals surface area contributed by atoms with Gasteiger partial charge in [0.25, 0.3) is 0 Å². The van der Waals surface area contributed by atoms with E-state index >= 15 is 0 Å². The van der Waals surface area contributed by atoms with Gasteiger partial charge in [0.05, 0.1) is 11.4 Å². The normalized spacial score (nSPS) is 13.9. The first-order valence-corrected chi connectivity index (χ1v) is 7.48. The highest BCUT2D eigenvalue weighted by atomic mass is 79.9. The van der Waals surface area contributed by atoms with E-state index in [4.69, 9.17) is 9.47 Å². The molecule has 0 aliphatic carbocycles. The van der Waals surface area contributed by atoms with E-state index in [0.29, 0.717) is 13.2 Å². The molecule has 2 aromatic carbocycles. The average molecular weight is 347 g/mol. The molecule has 0 saturated heterocycles. The molecule has 0 unspecified atom stereocenters. The molecular weight excluding hydrogens is 332 g/mol. The lowest BCUT2D eigenvalue weighted by molar-refractivity contribution is 0.171. The Morgan fingerprint density at radius 2 is 1.86 bits per heavy atom. The van der Waals surface area contributed by atoms with Crippen molar-refractivity contribution in [3.05, 3.63) is 52.5 Å². The molecule has 1 heterocycles. The lowest BCUT2D eigenvalue weighted by Gasteiger charge is -2.18. The van der Waals surface area contributed by atoms with Gasteiger partial charge >= 0.3 is 0 Å². The number of hydrogen-bond acceptors (Lipinski definition) is 4. The summed E-state index contributed by atoms with van der Waals surface area (Å²) in [6.45, 7) is 3.14. The molecule has 1 aliphatic rings.